The number of carbonyl (C=O) groups excluding carboxylic acids is 1. The van der Waals surface area contributed by atoms with Gasteiger partial charge in [-0.3, -0.25) is 4.79 Å². The van der Waals surface area contributed by atoms with Crippen LogP contribution in [0.2, 0.25) is 0 Å². The predicted octanol–water partition coefficient (Wildman–Crippen LogP) is -1.15. The van der Waals surface area contributed by atoms with Crippen LogP contribution in [-0.4, -0.2) is 58.4 Å². The van der Waals surface area contributed by atoms with E-state index in [-0.39, 0.29) is 24.5 Å². The van der Waals surface area contributed by atoms with Crippen LogP contribution in [0.1, 0.15) is 21.0 Å². The van der Waals surface area contributed by atoms with Gasteiger partial charge in [-0.2, -0.15) is 0 Å². The number of amides is 1. The second kappa shape index (κ2) is 5.97. The lowest BCUT2D eigenvalue weighted by atomic mass is 10.3. The molecule has 0 aliphatic carbocycles. The summed E-state index contributed by atoms with van der Waals surface area (Å²) in [6.45, 7) is 0.0330. The van der Waals surface area contributed by atoms with Crippen molar-refractivity contribution in [3.8, 4) is 0 Å². The van der Waals surface area contributed by atoms with Crippen LogP contribution in [0.4, 0.5) is 0 Å². The van der Waals surface area contributed by atoms with E-state index in [0.29, 0.717) is 0 Å². The number of nitrogens with zero attached hydrogens (tertiary/aromatic N) is 1. The summed E-state index contributed by atoms with van der Waals surface area (Å²) in [6, 6.07) is 0. The molecule has 1 aromatic rings. The molecule has 1 unspecified atom stereocenters. The summed E-state index contributed by atoms with van der Waals surface area (Å²) in [5, 5.41) is 20.4. The number of H-pyrrole nitrogens is 1. The molecule has 1 aromatic heterocycles. The number of ether oxygens (including phenoxy) is 1. The highest BCUT2D eigenvalue weighted by molar-refractivity contribution is 6.02. The number of carboxylic acids is 1. The monoisotopic (exact) mass is 243 g/mol. The number of hydrogen-bond donors (Lipinski definition) is 4. The van der Waals surface area contributed by atoms with Gasteiger partial charge in [-0.05, 0) is 0 Å². The Balaban J connectivity index is 2.58. The third-order valence-electron chi connectivity index (χ3n) is 1.93. The van der Waals surface area contributed by atoms with E-state index in [1.165, 1.54) is 7.11 Å². The van der Waals surface area contributed by atoms with E-state index in [1.807, 2.05) is 0 Å². The smallest absolute Gasteiger partial charge is 0.354 e. The first kappa shape index (κ1) is 13.1. The first-order valence-corrected chi connectivity index (χ1v) is 4.78. The van der Waals surface area contributed by atoms with Crippen LogP contribution >= 0.6 is 0 Å². The Labute approximate surface area is 96.6 Å². The van der Waals surface area contributed by atoms with Gasteiger partial charge in [0, 0.05) is 13.7 Å². The van der Waals surface area contributed by atoms with Crippen LogP contribution in [0.5, 0.6) is 0 Å². The van der Waals surface area contributed by atoms with Crippen molar-refractivity contribution in [1.29, 1.82) is 0 Å². The van der Waals surface area contributed by atoms with Gasteiger partial charge in [0.2, 0.25) is 0 Å². The van der Waals surface area contributed by atoms with Crippen LogP contribution in [-0.2, 0) is 4.74 Å². The lowest BCUT2D eigenvalue weighted by molar-refractivity contribution is 0.0605. The number of aromatic nitrogens is 2. The van der Waals surface area contributed by atoms with Crippen molar-refractivity contribution in [2.75, 3.05) is 20.3 Å². The minimum atomic E-state index is -1.27. The van der Waals surface area contributed by atoms with Crippen LogP contribution in [0.3, 0.4) is 0 Å². The van der Waals surface area contributed by atoms with Gasteiger partial charge in [0.25, 0.3) is 5.91 Å². The molecule has 94 valence electrons. The summed E-state index contributed by atoms with van der Waals surface area (Å²) >= 11 is 0. The van der Waals surface area contributed by atoms with E-state index in [0.717, 1.165) is 6.33 Å². The minimum Gasteiger partial charge on any atom is -0.477 e. The molecule has 1 atom stereocenters. The molecule has 0 bridgehead atoms. The molecule has 0 spiro atoms. The first-order chi connectivity index (χ1) is 8.06. The van der Waals surface area contributed by atoms with Crippen molar-refractivity contribution >= 4 is 11.9 Å². The first-order valence-electron chi connectivity index (χ1n) is 4.78. The average molecular weight is 243 g/mol. The molecule has 8 heteroatoms. The molecule has 1 rings (SSSR count). The Kier molecular flexibility index (Phi) is 4.61. The molecule has 8 nitrogen and oxygen atoms in total. The largest absolute Gasteiger partial charge is 0.477 e. The molecule has 0 aromatic carbocycles. The van der Waals surface area contributed by atoms with Crippen LogP contribution in [0.25, 0.3) is 0 Å². The number of aromatic amines is 1. The highest BCUT2D eigenvalue weighted by atomic mass is 16.5. The summed E-state index contributed by atoms with van der Waals surface area (Å²) < 4.78 is 4.67. The molecule has 1 heterocycles. The Morgan fingerprint density at radius 2 is 2.35 bits per heavy atom. The van der Waals surface area contributed by atoms with E-state index < -0.39 is 18.0 Å². The van der Waals surface area contributed by atoms with Gasteiger partial charge in [-0.25, -0.2) is 9.78 Å². The normalized spacial score (nSPS) is 12.1. The third kappa shape index (κ3) is 3.54. The van der Waals surface area contributed by atoms with Crippen molar-refractivity contribution in [2.24, 2.45) is 0 Å². The summed E-state index contributed by atoms with van der Waals surface area (Å²) in [5.74, 6) is -1.94. The van der Waals surface area contributed by atoms with Crippen molar-refractivity contribution in [3.63, 3.8) is 0 Å². The minimum absolute atomic E-state index is 0.0431. The molecule has 1 amide bonds. The van der Waals surface area contributed by atoms with E-state index in [4.69, 9.17) is 5.11 Å². The number of nitrogens with one attached hydrogen (secondary N) is 2. The Morgan fingerprint density at radius 1 is 1.65 bits per heavy atom. The predicted molar refractivity (Wildman–Crippen MR) is 55.8 cm³/mol. The Hall–Kier alpha value is -1.93. The maximum absolute atomic E-state index is 11.5. The second-order valence-corrected chi connectivity index (χ2v) is 3.25. The van der Waals surface area contributed by atoms with Gasteiger partial charge in [-0.1, -0.05) is 0 Å². The molecule has 4 N–H and O–H groups in total. The standard InChI is InChI=1S/C9H13N3O5/c1-17-3-5(13)2-10-8(14)6-7(9(15)16)12-4-11-6/h4-5,13H,2-3H2,1H3,(H,10,14)(H,11,12)(H,15,16). The number of hydrogen-bond acceptors (Lipinski definition) is 5. The zero-order chi connectivity index (χ0) is 12.8. The van der Waals surface area contributed by atoms with E-state index in [9.17, 15) is 14.7 Å². The summed E-state index contributed by atoms with van der Waals surface area (Å²) in [6.07, 6.45) is 0.264. The number of imidazole rings is 1. The lowest BCUT2D eigenvalue weighted by Gasteiger charge is -2.09. The zero-order valence-corrected chi connectivity index (χ0v) is 9.14. The van der Waals surface area contributed by atoms with Gasteiger partial charge in [0.05, 0.1) is 19.0 Å². The number of aliphatic hydroxyl groups is 1. The topological polar surface area (TPSA) is 125 Å². The van der Waals surface area contributed by atoms with Gasteiger partial charge in [0.15, 0.2) is 11.4 Å². The number of carboxylic acid groups (broad SMARTS) is 1. The molecular weight excluding hydrogens is 230 g/mol. The molecule has 0 aliphatic heterocycles. The fraction of sp³-hybridized carbons (Fsp3) is 0.444. The van der Waals surface area contributed by atoms with Crippen molar-refractivity contribution in [2.45, 2.75) is 6.10 Å². The molecule has 0 saturated carbocycles. The highest BCUT2D eigenvalue weighted by Gasteiger charge is 2.19. The quantitative estimate of drug-likeness (QED) is 0.499. The van der Waals surface area contributed by atoms with Crippen LogP contribution in [0, 0.1) is 0 Å². The molecule has 0 aliphatic rings. The van der Waals surface area contributed by atoms with Crippen LogP contribution in [0.15, 0.2) is 6.33 Å². The SMILES string of the molecule is COCC(O)CNC(=O)c1nc[nH]c1C(=O)O. The average Bonchev–Trinajstić information content (AvgIpc) is 2.75. The summed E-state index contributed by atoms with van der Waals surface area (Å²) in [7, 11) is 1.42. The Bertz CT molecular complexity index is 403. The Morgan fingerprint density at radius 3 is 2.94 bits per heavy atom. The molecule has 0 radical (unpaired) electrons. The van der Waals surface area contributed by atoms with Crippen molar-refractivity contribution in [3.05, 3.63) is 17.7 Å². The maximum atomic E-state index is 11.5. The van der Waals surface area contributed by atoms with Crippen molar-refractivity contribution < 1.29 is 24.5 Å². The fourth-order valence-corrected chi connectivity index (χ4v) is 1.18. The van der Waals surface area contributed by atoms with Crippen LogP contribution < -0.4 is 5.32 Å². The second-order valence-electron chi connectivity index (χ2n) is 3.25. The van der Waals surface area contributed by atoms with Crippen molar-refractivity contribution in [1.82, 2.24) is 15.3 Å². The van der Waals surface area contributed by atoms with Gasteiger partial charge in [-0.15, -0.1) is 0 Å². The zero-order valence-electron chi connectivity index (χ0n) is 9.14. The van der Waals surface area contributed by atoms with Gasteiger partial charge in [0.1, 0.15) is 0 Å². The molecular formula is C9H13N3O5. The number of carbonyl (C=O) groups is 2. The summed E-state index contributed by atoms with van der Waals surface area (Å²) in [5.41, 5.74) is -0.508. The molecule has 17 heavy (non-hydrogen) atoms. The van der Waals surface area contributed by atoms with E-state index in [2.05, 4.69) is 20.0 Å². The molecule has 0 saturated heterocycles. The van der Waals surface area contributed by atoms with E-state index >= 15 is 0 Å². The third-order valence-corrected chi connectivity index (χ3v) is 1.93. The number of aliphatic hydroxyl groups excluding tert-OH is 1. The number of rotatable bonds is 6. The summed E-state index contributed by atoms with van der Waals surface area (Å²) in [4.78, 5) is 28.2. The van der Waals surface area contributed by atoms with Gasteiger partial charge < -0.3 is 25.3 Å². The molecule has 0 fully saturated rings. The van der Waals surface area contributed by atoms with E-state index in [1.54, 1.807) is 0 Å². The number of aromatic carboxylic acids is 1. The number of methoxy groups -OCH3 is 1. The van der Waals surface area contributed by atoms with Gasteiger partial charge >= 0.3 is 5.97 Å². The fourth-order valence-electron chi connectivity index (χ4n) is 1.18. The maximum Gasteiger partial charge on any atom is 0.354 e. The lowest BCUT2D eigenvalue weighted by Crippen LogP contribution is -2.35. The highest BCUT2D eigenvalue weighted by Crippen LogP contribution is 2.02.